The maximum absolute atomic E-state index is 13.9. The van der Waals surface area contributed by atoms with Gasteiger partial charge in [-0.1, -0.05) is 0 Å². The van der Waals surface area contributed by atoms with Gasteiger partial charge in [0.2, 0.25) is 5.91 Å². The summed E-state index contributed by atoms with van der Waals surface area (Å²) in [5.41, 5.74) is 0.412. The third-order valence-corrected chi connectivity index (χ3v) is 4.42. The van der Waals surface area contributed by atoms with Crippen LogP contribution in [0.25, 0.3) is 0 Å². The first-order valence-electron chi connectivity index (χ1n) is 7.87. The average Bonchev–Trinajstić information content (AvgIpc) is 2.92. The lowest BCUT2D eigenvalue weighted by Gasteiger charge is -2.25. The summed E-state index contributed by atoms with van der Waals surface area (Å²) in [4.78, 5) is 16.2. The van der Waals surface area contributed by atoms with Gasteiger partial charge in [0.15, 0.2) is 0 Å². The van der Waals surface area contributed by atoms with Gasteiger partial charge in [-0.05, 0) is 37.9 Å². The maximum Gasteiger partial charge on any atom is 0.239 e. The van der Waals surface area contributed by atoms with Crippen LogP contribution >= 0.6 is 0 Å². The van der Waals surface area contributed by atoms with Crippen molar-refractivity contribution < 1.29 is 13.6 Å². The molecule has 2 fully saturated rings. The van der Waals surface area contributed by atoms with Crippen LogP contribution in [0.15, 0.2) is 18.2 Å². The molecule has 1 aromatic carbocycles. The van der Waals surface area contributed by atoms with Gasteiger partial charge in [-0.25, -0.2) is 8.78 Å². The standard InChI is InChI=1S/C16H21F2N3O/c17-12-4-5-15(13(18)11-12)20-7-2-8-21(10-9-20)16(22)14-3-1-6-19-14/h4-5,11,14,19H,1-3,6-10H2. The molecule has 0 saturated carbocycles. The molecule has 2 heterocycles. The lowest BCUT2D eigenvalue weighted by molar-refractivity contribution is -0.132. The van der Waals surface area contributed by atoms with Crippen molar-refractivity contribution in [2.24, 2.45) is 0 Å². The van der Waals surface area contributed by atoms with Gasteiger partial charge in [0.1, 0.15) is 11.6 Å². The number of rotatable bonds is 2. The molecule has 0 aliphatic carbocycles. The van der Waals surface area contributed by atoms with Crippen molar-refractivity contribution in [3.63, 3.8) is 0 Å². The number of hydrogen-bond acceptors (Lipinski definition) is 3. The van der Waals surface area contributed by atoms with Gasteiger partial charge in [0.05, 0.1) is 11.7 Å². The van der Waals surface area contributed by atoms with Crippen molar-refractivity contribution in [2.75, 3.05) is 37.6 Å². The summed E-state index contributed by atoms with van der Waals surface area (Å²) in [6, 6.07) is 3.59. The second-order valence-electron chi connectivity index (χ2n) is 5.91. The van der Waals surface area contributed by atoms with E-state index in [-0.39, 0.29) is 11.9 Å². The Labute approximate surface area is 129 Å². The summed E-state index contributed by atoms with van der Waals surface area (Å²) in [6.45, 7) is 3.41. The Hall–Kier alpha value is -1.69. The molecule has 0 bridgehead atoms. The van der Waals surface area contributed by atoms with E-state index in [1.54, 1.807) is 0 Å². The zero-order valence-corrected chi connectivity index (χ0v) is 12.5. The zero-order chi connectivity index (χ0) is 15.5. The summed E-state index contributed by atoms with van der Waals surface area (Å²) in [5, 5.41) is 3.23. The largest absolute Gasteiger partial charge is 0.367 e. The van der Waals surface area contributed by atoms with Gasteiger partial charge in [-0.2, -0.15) is 0 Å². The Morgan fingerprint density at radius 3 is 2.73 bits per heavy atom. The van der Waals surface area contributed by atoms with Crippen LogP contribution in [0, 0.1) is 11.6 Å². The monoisotopic (exact) mass is 309 g/mol. The molecule has 22 heavy (non-hydrogen) atoms. The molecule has 2 aliphatic rings. The fraction of sp³-hybridized carbons (Fsp3) is 0.562. The van der Waals surface area contributed by atoms with Crippen LogP contribution in [0.5, 0.6) is 0 Å². The molecule has 0 radical (unpaired) electrons. The summed E-state index contributed by atoms with van der Waals surface area (Å²) < 4.78 is 26.9. The van der Waals surface area contributed by atoms with E-state index in [9.17, 15) is 13.6 Å². The number of halogens is 2. The summed E-state index contributed by atoms with van der Waals surface area (Å²) >= 11 is 0. The van der Waals surface area contributed by atoms with E-state index in [1.165, 1.54) is 12.1 Å². The lowest BCUT2D eigenvalue weighted by Crippen LogP contribution is -2.45. The average molecular weight is 309 g/mol. The van der Waals surface area contributed by atoms with E-state index in [4.69, 9.17) is 0 Å². The number of nitrogens with one attached hydrogen (secondary N) is 1. The second-order valence-corrected chi connectivity index (χ2v) is 5.91. The molecule has 1 atom stereocenters. The first-order chi connectivity index (χ1) is 10.6. The second kappa shape index (κ2) is 6.60. The molecule has 1 aromatic rings. The highest BCUT2D eigenvalue weighted by Crippen LogP contribution is 2.22. The Balaban J connectivity index is 1.65. The quantitative estimate of drug-likeness (QED) is 0.904. The molecule has 0 spiro atoms. The van der Waals surface area contributed by atoms with Gasteiger partial charge < -0.3 is 15.1 Å². The molecule has 2 saturated heterocycles. The minimum Gasteiger partial charge on any atom is -0.367 e. The van der Waals surface area contributed by atoms with Crippen LogP contribution in [-0.4, -0.2) is 49.6 Å². The molecule has 1 unspecified atom stereocenters. The lowest BCUT2D eigenvalue weighted by atomic mass is 10.2. The van der Waals surface area contributed by atoms with E-state index in [1.807, 2.05) is 9.80 Å². The van der Waals surface area contributed by atoms with Gasteiger partial charge in [0.25, 0.3) is 0 Å². The van der Waals surface area contributed by atoms with Crippen molar-refractivity contribution in [2.45, 2.75) is 25.3 Å². The van der Waals surface area contributed by atoms with Gasteiger partial charge in [-0.15, -0.1) is 0 Å². The topological polar surface area (TPSA) is 35.6 Å². The molecular weight excluding hydrogens is 288 g/mol. The molecule has 3 rings (SSSR count). The van der Waals surface area contributed by atoms with E-state index < -0.39 is 11.6 Å². The zero-order valence-electron chi connectivity index (χ0n) is 12.5. The Bertz CT molecular complexity index is 546. The highest BCUT2D eigenvalue weighted by Gasteiger charge is 2.28. The van der Waals surface area contributed by atoms with Crippen LogP contribution in [0.3, 0.4) is 0 Å². The van der Waals surface area contributed by atoms with Crippen LogP contribution in [0.1, 0.15) is 19.3 Å². The number of carbonyl (C=O) groups is 1. The minimum absolute atomic E-state index is 0.0610. The molecular formula is C16H21F2N3O. The summed E-state index contributed by atoms with van der Waals surface area (Å²) in [6.07, 6.45) is 2.72. The molecule has 4 nitrogen and oxygen atoms in total. The number of hydrogen-bond donors (Lipinski definition) is 1. The maximum atomic E-state index is 13.9. The fourth-order valence-corrected chi connectivity index (χ4v) is 3.23. The Kier molecular flexibility index (Phi) is 4.57. The predicted octanol–water partition coefficient (Wildman–Crippen LogP) is 1.76. The normalized spacial score (nSPS) is 22.7. The van der Waals surface area contributed by atoms with E-state index in [0.29, 0.717) is 31.9 Å². The van der Waals surface area contributed by atoms with Crippen molar-refractivity contribution in [3.05, 3.63) is 29.8 Å². The van der Waals surface area contributed by atoms with Crippen LogP contribution < -0.4 is 10.2 Å². The van der Waals surface area contributed by atoms with Gasteiger partial charge in [-0.3, -0.25) is 4.79 Å². The van der Waals surface area contributed by atoms with E-state index >= 15 is 0 Å². The van der Waals surface area contributed by atoms with Crippen LogP contribution in [-0.2, 0) is 4.79 Å². The van der Waals surface area contributed by atoms with Crippen molar-refractivity contribution >= 4 is 11.6 Å². The van der Waals surface area contributed by atoms with Gasteiger partial charge in [0, 0.05) is 32.2 Å². The highest BCUT2D eigenvalue weighted by atomic mass is 19.1. The van der Waals surface area contributed by atoms with E-state index in [2.05, 4.69) is 5.32 Å². The van der Waals surface area contributed by atoms with Crippen molar-refractivity contribution in [1.82, 2.24) is 10.2 Å². The molecule has 1 N–H and O–H groups in total. The SMILES string of the molecule is O=C(C1CCCN1)N1CCCN(c2ccc(F)cc2F)CC1. The van der Waals surface area contributed by atoms with Gasteiger partial charge >= 0.3 is 0 Å². The molecule has 0 aromatic heterocycles. The third kappa shape index (κ3) is 3.21. The van der Waals surface area contributed by atoms with Crippen molar-refractivity contribution in [3.8, 4) is 0 Å². The number of anilines is 1. The number of nitrogens with zero attached hydrogens (tertiary/aromatic N) is 2. The first kappa shape index (κ1) is 15.2. The third-order valence-electron chi connectivity index (χ3n) is 4.42. The van der Waals surface area contributed by atoms with Crippen LogP contribution in [0.4, 0.5) is 14.5 Å². The Morgan fingerprint density at radius 1 is 1.14 bits per heavy atom. The summed E-state index contributed by atoms with van der Waals surface area (Å²) in [5.74, 6) is -0.962. The van der Waals surface area contributed by atoms with Crippen molar-refractivity contribution in [1.29, 1.82) is 0 Å². The summed E-state index contributed by atoms with van der Waals surface area (Å²) in [7, 11) is 0. The molecule has 1 amide bonds. The fourth-order valence-electron chi connectivity index (χ4n) is 3.23. The minimum atomic E-state index is -0.569. The molecule has 2 aliphatic heterocycles. The Morgan fingerprint density at radius 2 is 2.00 bits per heavy atom. The number of carbonyl (C=O) groups excluding carboxylic acids is 1. The number of amides is 1. The predicted molar refractivity (Wildman–Crippen MR) is 80.8 cm³/mol. The first-order valence-corrected chi connectivity index (χ1v) is 7.87. The smallest absolute Gasteiger partial charge is 0.239 e. The van der Waals surface area contributed by atoms with E-state index in [0.717, 1.165) is 31.9 Å². The van der Waals surface area contributed by atoms with Crippen LogP contribution in [0.2, 0.25) is 0 Å². The molecule has 6 heteroatoms. The molecule has 120 valence electrons. The highest BCUT2D eigenvalue weighted by molar-refractivity contribution is 5.82. The number of benzene rings is 1.